The van der Waals surface area contributed by atoms with Crippen LogP contribution >= 0.6 is 0 Å². The van der Waals surface area contributed by atoms with E-state index in [-0.39, 0.29) is 28.8 Å². The molecule has 2 N–H and O–H groups in total. The summed E-state index contributed by atoms with van der Waals surface area (Å²) >= 11 is 0. The minimum absolute atomic E-state index is 0.104. The van der Waals surface area contributed by atoms with Crippen LogP contribution in [0.4, 0.5) is 5.69 Å². The number of nitrogens with zero attached hydrogens (tertiary/aromatic N) is 1. The van der Waals surface area contributed by atoms with Crippen molar-refractivity contribution in [3.05, 3.63) is 30.4 Å². The highest BCUT2D eigenvalue weighted by Gasteiger charge is 2.37. The van der Waals surface area contributed by atoms with Crippen LogP contribution in [0.3, 0.4) is 0 Å². The molecular weight excluding hydrogens is 378 g/mol. The summed E-state index contributed by atoms with van der Waals surface area (Å²) in [7, 11) is -2.01. The molecule has 28 heavy (non-hydrogen) atoms. The molecule has 2 heterocycles. The molecule has 0 spiro atoms. The maximum atomic E-state index is 12.7. The molecule has 1 amide bonds. The van der Waals surface area contributed by atoms with E-state index in [1.807, 2.05) is 4.90 Å². The van der Waals surface area contributed by atoms with Crippen molar-refractivity contribution in [1.29, 1.82) is 0 Å². The van der Waals surface area contributed by atoms with Gasteiger partial charge in [0.2, 0.25) is 15.9 Å². The van der Waals surface area contributed by atoms with Gasteiger partial charge in [0.25, 0.3) is 0 Å². The van der Waals surface area contributed by atoms with E-state index >= 15 is 0 Å². The van der Waals surface area contributed by atoms with Crippen LogP contribution in [0.5, 0.6) is 5.75 Å². The Morgan fingerprint density at radius 2 is 1.96 bits per heavy atom. The molecule has 2 aliphatic heterocycles. The number of carbonyl (C=O) groups is 1. The number of nitrogens with one attached hydrogen (secondary N) is 2. The molecule has 2 atom stereocenters. The quantitative estimate of drug-likeness (QED) is 0.754. The Morgan fingerprint density at radius 1 is 1.18 bits per heavy atom. The zero-order valence-corrected chi connectivity index (χ0v) is 16.9. The number of benzene rings is 1. The van der Waals surface area contributed by atoms with Crippen LogP contribution in [0.15, 0.2) is 35.2 Å². The van der Waals surface area contributed by atoms with Gasteiger partial charge >= 0.3 is 0 Å². The molecular formula is C20H27N3O4S. The molecule has 1 aliphatic carbocycles. The van der Waals surface area contributed by atoms with E-state index in [0.717, 1.165) is 32.1 Å². The van der Waals surface area contributed by atoms with Crippen molar-refractivity contribution >= 4 is 21.6 Å². The Labute approximate surface area is 166 Å². The molecule has 8 heteroatoms. The SMILES string of the molecule is COc1ccc2c(c1)NC(C1CCN(C(=O)C3CC=CCC3)CC1)NS2(=O)=O. The van der Waals surface area contributed by atoms with Crippen LogP contribution < -0.4 is 14.8 Å². The monoisotopic (exact) mass is 405 g/mol. The summed E-state index contributed by atoms with van der Waals surface area (Å²) in [5.41, 5.74) is 0.565. The number of carbonyl (C=O) groups excluding carboxylic acids is 1. The lowest BCUT2D eigenvalue weighted by molar-refractivity contribution is -0.137. The molecule has 0 saturated carbocycles. The van der Waals surface area contributed by atoms with E-state index in [1.54, 1.807) is 25.3 Å². The zero-order valence-electron chi connectivity index (χ0n) is 16.1. The highest BCUT2D eigenvalue weighted by atomic mass is 32.2. The van der Waals surface area contributed by atoms with Crippen molar-refractivity contribution in [2.75, 3.05) is 25.5 Å². The van der Waals surface area contributed by atoms with Crippen molar-refractivity contribution in [3.63, 3.8) is 0 Å². The molecule has 4 rings (SSSR count). The van der Waals surface area contributed by atoms with E-state index in [2.05, 4.69) is 22.2 Å². The lowest BCUT2D eigenvalue weighted by Crippen LogP contribution is -2.52. The molecule has 3 aliphatic rings. The number of ether oxygens (including phenoxy) is 1. The number of hydrogen-bond acceptors (Lipinski definition) is 5. The Hall–Kier alpha value is -2.06. The highest BCUT2D eigenvalue weighted by Crippen LogP contribution is 2.34. The third-order valence-corrected chi connectivity index (χ3v) is 7.51. The molecule has 1 saturated heterocycles. The first-order valence-corrected chi connectivity index (χ1v) is 11.4. The van der Waals surface area contributed by atoms with E-state index in [9.17, 15) is 13.2 Å². The summed E-state index contributed by atoms with van der Waals surface area (Å²) in [6.45, 7) is 1.35. The molecule has 1 aromatic rings. The topological polar surface area (TPSA) is 87.7 Å². The number of allylic oxidation sites excluding steroid dienone is 2. The van der Waals surface area contributed by atoms with E-state index in [4.69, 9.17) is 4.74 Å². The Balaban J connectivity index is 1.42. The number of methoxy groups -OCH3 is 1. The minimum atomic E-state index is -3.57. The van der Waals surface area contributed by atoms with Crippen molar-refractivity contribution < 1.29 is 17.9 Å². The first-order valence-electron chi connectivity index (χ1n) is 9.88. The number of amides is 1. The lowest BCUT2D eigenvalue weighted by Gasteiger charge is -2.39. The van der Waals surface area contributed by atoms with Gasteiger partial charge in [-0.05, 0) is 50.2 Å². The number of anilines is 1. The van der Waals surface area contributed by atoms with Crippen LogP contribution in [0.25, 0.3) is 0 Å². The second kappa shape index (κ2) is 7.75. The van der Waals surface area contributed by atoms with Gasteiger partial charge in [0, 0.05) is 25.1 Å². The third-order valence-electron chi connectivity index (χ3n) is 6.01. The molecule has 1 aromatic carbocycles. The van der Waals surface area contributed by atoms with Crippen molar-refractivity contribution in [2.45, 2.75) is 43.2 Å². The summed E-state index contributed by atoms with van der Waals surface area (Å²) in [4.78, 5) is 14.9. The zero-order chi connectivity index (χ0) is 19.7. The van der Waals surface area contributed by atoms with Gasteiger partial charge in [0.15, 0.2) is 0 Å². The fourth-order valence-electron chi connectivity index (χ4n) is 4.35. The number of sulfonamides is 1. The highest BCUT2D eigenvalue weighted by molar-refractivity contribution is 7.89. The normalized spacial score (nSPS) is 27.0. The number of rotatable bonds is 3. The molecule has 0 radical (unpaired) electrons. The van der Waals surface area contributed by atoms with Gasteiger partial charge in [-0.3, -0.25) is 4.79 Å². The van der Waals surface area contributed by atoms with Gasteiger partial charge in [-0.2, -0.15) is 4.72 Å². The largest absolute Gasteiger partial charge is 0.497 e. The fourth-order valence-corrected chi connectivity index (χ4v) is 5.72. The first kappa shape index (κ1) is 19.3. The van der Waals surface area contributed by atoms with E-state index < -0.39 is 10.0 Å². The maximum absolute atomic E-state index is 12.7. The summed E-state index contributed by atoms with van der Waals surface area (Å²) in [5.74, 6) is 1.09. The van der Waals surface area contributed by atoms with Crippen LogP contribution in [-0.2, 0) is 14.8 Å². The average molecular weight is 406 g/mol. The van der Waals surface area contributed by atoms with E-state index in [1.165, 1.54) is 0 Å². The molecule has 0 bridgehead atoms. The predicted octanol–water partition coefficient (Wildman–Crippen LogP) is 2.32. The molecule has 0 aromatic heterocycles. The summed E-state index contributed by atoms with van der Waals surface area (Å²) in [6, 6.07) is 4.92. The lowest BCUT2D eigenvalue weighted by atomic mass is 9.90. The summed E-state index contributed by atoms with van der Waals surface area (Å²) in [5, 5.41) is 3.32. The Bertz CT molecular complexity index is 875. The van der Waals surface area contributed by atoms with Gasteiger partial charge in [-0.25, -0.2) is 8.42 Å². The number of piperidine rings is 1. The summed E-state index contributed by atoms with van der Waals surface area (Å²) < 4.78 is 33.3. The van der Waals surface area contributed by atoms with Gasteiger partial charge in [0.1, 0.15) is 10.6 Å². The van der Waals surface area contributed by atoms with Crippen molar-refractivity contribution in [3.8, 4) is 5.75 Å². The molecule has 152 valence electrons. The minimum Gasteiger partial charge on any atom is -0.497 e. The van der Waals surface area contributed by atoms with Crippen molar-refractivity contribution in [2.24, 2.45) is 11.8 Å². The second-order valence-corrected chi connectivity index (χ2v) is 9.43. The fraction of sp³-hybridized carbons (Fsp3) is 0.550. The molecule has 1 fully saturated rings. The third kappa shape index (κ3) is 3.75. The summed E-state index contributed by atoms with van der Waals surface area (Å²) in [6.07, 6.45) is 8.15. The van der Waals surface area contributed by atoms with Gasteiger partial charge < -0.3 is 15.0 Å². The van der Waals surface area contributed by atoms with Crippen LogP contribution in [-0.4, -0.2) is 45.6 Å². The molecule has 7 nitrogen and oxygen atoms in total. The van der Waals surface area contributed by atoms with Gasteiger partial charge in [-0.15, -0.1) is 0 Å². The van der Waals surface area contributed by atoms with E-state index in [0.29, 0.717) is 24.5 Å². The predicted molar refractivity (Wildman–Crippen MR) is 107 cm³/mol. The first-order chi connectivity index (χ1) is 13.5. The smallest absolute Gasteiger partial charge is 0.244 e. The van der Waals surface area contributed by atoms with Crippen LogP contribution in [0, 0.1) is 11.8 Å². The number of fused-ring (bicyclic) bond motifs is 1. The van der Waals surface area contributed by atoms with Gasteiger partial charge in [0.05, 0.1) is 19.0 Å². The Morgan fingerprint density at radius 3 is 2.64 bits per heavy atom. The van der Waals surface area contributed by atoms with Gasteiger partial charge in [-0.1, -0.05) is 12.2 Å². The Kier molecular flexibility index (Phi) is 5.33. The number of hydrogen-bond donors (Lipinski definition) is 2. The van der Waals surface area contributed by atoms with Crippen LogP contribution in [0.1, 0.15) is 32.1 Å². The second-order valence-electron chi connectivity index (χ2n) is 7.75. The molecule has 2 unspecified atom stereocenters. The average Bonchev–Trinajstić information content (AvgIpc) is 2.73. The standard InChI is InChI=1S/C20H27N3O4S/c1-27-16-7-8-18-17(13-16)21-19(22-28(18,25)26)14-9-11-23(12-10-14)20(24)15-5-3-2-4-6-15/h2-3,7-8,13-15,19,21-22H,4-6,9-12H2,1H3. The maximum Gasteiger partial charge on any atom is 0.244 e. The van der Waals surface area contributed by atoms with Crippen LogP contribution in [0.2, 0.25) is 0 Å². The number of likely N-dealkylation sites (tertiary alicyclic amines) is 1. The van der Waals surface area contributed by atoms with Crippen molar-refractivity contribution in [1.82, 2.24) is 9.62 Å².